The molecule has 0 bridgehead atoms. The van der Waals surface area contributed by atoms with E-state index >= 15 is 0 Å². The molecule has 0 radical (unpaired) electrons. The SMILES string of the molecule is C=CC(=O)OCCOC(=O)c1ccccc1-c1c2cc(C)c(=NCC)cc-2oc2cc(NCC)c(C)cc12. The second-order valence-electron chi connectivity index (χ2n) is 8.83. The summed E-state index contributed by atoms with van der Waals surface area (Å²) in [7, 11) is 0. The molecule has 4 rings (SSSR count). The molecule has 1 heterocycles. The van der Waals surface area contributed by atoms with Gasteiger partial charge in [-0.1, -0.05) is 24.8 Å². The van der Waals surface area contributed by atoms with E-state index in [0.29, 0.717) is 23.5 Å². The Morgan fingerprint density at radius 1 is 1.00 bits per heavy atom. The van der Waals surface area contributed by atoms with E-state index in [4.69, 9.17) is 13.9 Å². The van der Waals surface area contributed by atoms with E-state index in [1.807, 2.05) is 52.0 Å². The van der Waals surface area contributed by atoms with Crippen molar-refractivity contribution in [3.8, 4) is 22.5 Å². The first-order valence-electron chi connectivity index (χ1n) is 12.7. The third kappa shape index (κ3) is 5.47. The van der Waals surface area contributed by atoms with Crippen LogP contribution in [0.15, 0.2) is 70.6 Å². The van der Waals surface area contributed by atoms with Crippen molar-refractivity contribution in [1.29, 1.82) is 0 Å². The average Bonchev–Trinajstić information content (AvgIpc) is 2.91. The maximum Gasteiger partial charge on any atom is 0.338 e. The quantitative estimate of drug-likeness (QED) is 0.127. The van der Waals surface area contributed by atoms with Crippen LogP contribution in [0, 0.1) is 13.8 Å². The van der Waals surface area contributed by atoms with E-state index in [1.165, 1.54) is 0 Å². The number of anilines is 1. The molecule has 0 saturated heterocycles. The second-order valence-corrected chi connectivity index (χ2v) is 8.83. The lowest BCUT2D eigenvalue weighted by atomic mass is 9.89. The van der Waals surface area contributed by atoms with E-state index in [9.17, 15) is 9.59 Å². The minimum Gasteiger partial charge on any atom is -0.459 e. The van der Waals surface area contributed by atoms with Gasteiger partial charge in [-0.15, -0.1) is 0 Å². The van der Waals surface area contributed by atoms with Gasteiger partial charge in [0.1, 0.15) is 24.6 Å². The zero-order valence-corrected chi connectivity index (χ0v) is 22.2. The number of nitrogens with zero attached hydrogens (tertiary/aromatic N) is 1. The lowest BCUT2D eigenvalue weighted by Gasteiger charge is -2.19. The molecule has 7 heteroatoms. The fourth-order valence-corrected chi connectivity index (χ4v) is 4.49. The van der Waals surface area contributed by atoms with Crippen LogP contribution in [0.5, 0.6) is 0 Å². The Kier molecular flexibility index (Phi) is 8.26. The van der Waals surface area contributed by atoms with Gasteiger partial charge < -0.3 is 19.2 Å². The average molecular weight is 513 g/mol. The maximum absolute atomic E-state index is 13.2. The van der Waals surface area contributed by atoms with Gasteiger partial charge in [-0.3, -0.25) is 4.99 Å². The van der Waals surface area contributed by atoms with Crippen LogP contribution in [-0.2, 0) is 14.3 Å². The van der Waals surface area contributed by atoms with Crippen molar-refractivity contribution in [2.45, 2.75) is 27.7 Å². The Morgan fingerprint density at radius 3 is 2.50 bits per heavy atom. The number of nitrogens with one attached hydrogen (secondary N) is 1. The number of aryl methyl sites for hydroxylation is 2. The third-order valence-electron chi connectivity index (χ3n) is 6.22. The number of hydrogen-bond donors (Lipinski definition) is 1. The first kappa shape index (κ1) is 26.7. The van der Waals surface area contributed by atoms with Crippen LogP contribution in [0.25, 0.3) is 33.4 Å². The molecule has 2 aromatic rings. The van der Waals surface area contributed by atoms with Crippen LogP contribution in [0.3, 0.4) is 0 Å². The molecule has 0 amide bonds. The molecule has 0 unspecified atom stereocenters. The largest absolute Gasteiger partial charge is 0.459 e. The standard InChI is InChI=1S/C31H32N2O5/c1-6-29(34)36-13-14-37-31(35)22-12-10-9-11-21(22)30-23-15-19(4)25(32-7-2)17-27(23)38-28-18-26(33-8-3)20(5)16-24(28)30/h6,9-12,15-18,32H,1,7-8,13-14H2,2-5H3. The zero-order valence-electron chi connectivity index (χ0n) is 22.2. The molecule has 7 nitrogen and oxygen atoms in total. The highest BCUT2D eigenvalue weighted by molar-refractivity contribution is 6.08. The number of carbonyl (C=O) groups excluding carboxylic acids is 2. The van der Waals surface area contributed by atoms with Crippen molar-refractivity contribution in [2.75, 3.05) is 31.6 Å². The number of fused-ring (bicyclic) bond motifs is 2. The summed E-state index contributed by atoms with van der Waals surface area (Å²) in [5.74, 6) is -0.395. The van der Waals surface area contributed by atoms with Crippen molar-refractivity contribution < 1.29 is 23.5 Å². The highest BCUT2D eigenvalue weighted by atomic mass is 16.6. The highest BCUT2D eigenvalue weighted by Gasteiger charge is 2.23. The molecule has 0 saturated carbocycles. The van der Waals surface area contributed by atoms with Gasteiger partial charge in [0.25, 0.3) is 0 Å². The summed E-state index contributed by atoms with van der Waals surface area (Å²) in [5.41, 5.74) is 6.64. The molecule has 0 aromatic heterocycles. The molecule has 0 spiro atoms. The van der Waals surface area contributed by atoms with Crippen molar-refractivity contribution in [3.05, 3.63) is 83.2 Å². The number of carbonyl (C=O) groups is 2. The van der Waals surface area contributed by atoms with Crippen molar-refractivity contribution in [3.63, 3.8) is 0 Å². The summed E-state index contributed by atoms with van der Waals surface area (Å²) in [5, 5.41) is 5.15. The van der Waals surface area contributed by atoms with Gasteiger partial charge in [-0.05, 0) is 62.6 Å². The van der Waals surface area contributed by atoms with Gasteiger partial charge in [0.05, 0.1) is 10.9 Å². The summed E-state index contributed by atoms with van der Waals surface area (Å²) >= 11 is 0. The first-order valence-corrected chi connectivity index (χ1v) is 12.7. The number of benzene rings is 3. The maximum atomic E-state index is 13.2. The van der Waals surface area contributed by atoms with Gasteiger partial charge in [0.2, 0.25) is 0 Å². The molecule has 196 valence electrons. The van der Waals surface area contributed by atoms with Gasteiger partial charge in [0.15, 0.2) is 0 Å². The van der Waals surface area contributed by atoms with Crippen LogP contribution in [0.2, 0.25) is 0 Å². The molecule has 1 aliphatic heterocycles. The molecule has 1 aliphatic carbocycles. The first-order chi connectivity index (χ1) is 18.4. The Balaban J connectivity index is 1.92. The zero-order chi connectivity index (χ0) is 27.2. The number of ether oxygens (including phenoxy) is 2. The summed E-state index contributed by atoms with van der Waals surface area (Å²) in [4.78, 5) is 29.1. The van der Waals surface area contributed by atoms with E-state index in [1.54, 1.807) is 12.1 Å². The summed E-state index contributed by atoms with van der Waals surface area (Å²) in [6.45, 7) is 12.8. The van der Waals surface area contributed by atoms with E-state index < -0.39 is 11.9 Å². The minimum absolute atomic E-state index is 0.0514. The second kappa shape index (κ2) is 11.8. The Hall–Kier alpha value is -4.39. The molecular formula is C31H32N2O5. The molecule has 38 heavy (non-hydrogen) atoms. The summed E-state index contributed by atoms with van der Waals surface area (Å²) in [6.07, 6.45) is 1.07. The van der Waals surface area contributed by atoms with Crippen molar-refractivity contribution in [2.24, 2.45) is 4.99 Å². The predicted octanol–water partition coefficient (Wildman–Crippen LogP) is 6.06. The van der Waals surface area contributed by atoms with Crippen LogP contribution in [0.4, 0.5) is 5.69 Å². The molecular weight excluding hydrogens is 480 g/mol. The smallest absolute Gasteiger partial charge is 0.338 e. The molecule has 1 N–H and O–H groups in total. The molecule has 2 aliphatic rings. The van der Waals surface area contributed by atoms with Crippen LogP contribution < -0.4 is 10.7 Å². The predicted molar refractivity (Wildman–Crippen MR) is 149 cm³/mol. The van der Waals surface area contributed by atoms with Gasteiger partial charge in [-0.25, -0.2) is 9.59 Å². The van der Waals surface area contributed by atoms with E-state index in [0.717, 1.165) is 56.9 Å². The third-order valence-corrected chi connectivity index (χ3v) is 6.22. The number of rotatable bonds is 9. The van der Waals surface area contributed by atoms with Crippen LogP contribution in [0.1, 0.15) is 35.3 Å². The fraction of sp³-hybridized carbons (Fsp3) is 0.258. The highest BCUT2D eigenvalue weighted by Crippen LogP contribution is 2.43. The fourth-order valence-electron chi connectivity index (χ4n) is 4.49. The van der Waals surface area contributed by atoms with E-state index in [-0.39, 0.29) is 13.2 Å². The Bertz CT molecular complexity index is 1550. The summed E-state index contributed by atoms with van der Waals surface area (Å²) in [6, 6.07) is 15.5. The minimum atomic E-state index is -0.565. The number of hydrogen-bond acceptors (Lipinski definition) is 7. The topological polar surface area (TPSA) is 90.1 Å². The monoisotopic (exact) mass is 512 g/mol. The normalized spacial score (nSPS) is 11.5. The summed E-state index contributed by atoms with van der Waals surface area (Å²) < 4.78 is 16.8. The van der Waals surface area contributed by atoms with Crippen LogP contribution >= 0.6 is 0 Å². The van der Waals surface area contributed by atoms with Crippen molar-refractivity contribution >= 4 is 28.6 Å². The Labute approximate surface area is 222 Å². The Morgan fingerprint density at radius 2 is 1.76 bits per heavy atom. The van der Waals surface area contributed by atoms with Crippen molar-refractivity contribution in [1.82, 2.24) is 0 Å². The molecule has 2 aromatic carbocycles. The van der Waals surface area contributed by atoms with Gasteiger partial charge >= 0.3 is 11.9 Å². The van der Waals surface area contributed by atoms with Gasteiger partial charge in [0, 0.05) is 53.5 Å². The lowest BCUT2D eigenvalue weighted by molar-refractivity contribution is -0.138. The molecule has 0 fully saturated rings. The van der Waals surface area contributed by atoms with E-state index in [2.05, 4.69) is 29.0 Å². The number of esters is 2. The van der Waals surface area contributed by atoms with Crippen LogP contribution in [-0.4, -0.2) is 38.2 Å². The van der Waals surface area contributed by atoms with Gasteiger partial charge in [-0.2, -0.15) is 0 Å². The lowest BCUT2D eigenvalue weighted by Crippen LogP contribution is -2.14. The molecule has 0 atom stereocenters.